The average molecular weight is 443 g/mol. The first kappa shape index (κ1) is 27.9. The number of benzene rings is 2. The minimum atomic E-state index is -0.675. The number of carboxylic acid groups (broad SMARTS) is 1. The topological polar surface area (TPSA) is 55.8 Å². The lowest BCUT2D eigenvalue weighted by Gasteiger charge is -2.31. The van der Waals surface area contributed by atoms with Crippen molar-refractivity contribution in [3.63, 3.8) is 0 Å². The Bertz CT molecular complexity index is 723. The highest BCUT2D eigenvalue weighted by Crippen LogP contribution is 2.31. The Hall–Kier alpha value is -2.17. The van der Waals surface area contributed by atoms with Crippen molar-refractivity contribution in [1.82, 2.24) is 0 Å². The minimum absolute atomic E-state index is 0.324. The fraction of sp³-hybridized carbons (Fsp3) is 0.536. The quantitative estimate of drug-likeness (QED) is 0.231. The van der Waals surface area contributed by atoms with Gasteiger partial charge in [-0.05, 0) is 57.1 Å². The molecule has 2 aromatic rings. The molecule has 0 atom stereocenters. The summed E-state index contributed by atoms with van der Waals surface area (Å²) < 4.78 is 0. The van der Waals surface area contributed by atoms with Crippen molar-refractivity contribution < 1.29 is 19.7 Å². The Kier molecular flexibility index (Phi) is 11.1. The molecule has 2 aromatic carbocycles. The van der Waals surface area contributed by atoms with Crippen molar-refractivity contribution in [2.24, 2.45) is 5.41 Å². The van der Waals surface area contributed by atoms with E-state index in [0.717, 1.165) is 30.4 Å². The summed E-state index contributed by atoms with van der Waals surface area (Å²) >= 11 is 0. The molecule has 4 heteroatoms. The standard InChI is InChI=1S/C18H22O2.C10H20O2/c1-17(2,15-11-7-5-8-12-15)19-20-18(3,4)16-13-9-6-10-14-16;1-10(2,3)8-6-4-5-7-9(11)12/h5-14H,1-4H3;4-8H2,1-3H3,(H,11,12). The highest BCUT2D eigenvalue weighted by Gasteiger charge is 2.29. The van der Waals surface area contributed by atoms with Gasteiger partial charge in [0, 0.05) is 6.42 Å². The van der Waals surface area contributed by atoms with Crippen molar-refractivity contribution >= 4 is 5.97 Å². The van der Waals surface area contributed by atoms with Gasteiger partial charge in [0.1, 0.15) is 11.2 Å². The number of unbranched alkanes of at least 4 members (excludes halogenated alkanes) is 2. The van der Waals surface area contributed by atoms with Gasteiger partial charge in [0.15, 0.2) is 0 Å². The van der Waals surface area contributed by atoms with E-state index in [9.17, 15) is 4.79 Å². The Morgan fingerprint density at radius 1 is 0.688 bits per heavy atom. The van der Waals surface area contributed by atoms with Gasteiger partial charge < -0.3 is 5.11 Å². The van der Waals surface area contributed by atoms with Crippen molar-refractivity contribution in [1.29, 1.82) is 0 Å². The molecule has 0 unspecified atom stereocenters. The van der Waals surface area contributed by atoms with E-state index in [2.05, 4.69) is 20.8 Å². The summed E-state index contributed by atoms with van der Waals surface area (Å²) in [6.07, 6.45) is 4.53. The lowest BCUT2D eigenvalue weighted by atomic mass is 9.89. The summed E-state index contributed by atoms with van der Waals surface area (Å²) in [5.74, 6) is -0.675. The average Bonchev–Trinajstić information content (AvgIpc) is 2.73. The van der Waals surface area contributed by atoms with Crippen molar-refractivity contribution in [3.05, 3.63) is 71.8 Å². The van der Waals surface area contributed by atoms with E-state index >= 15 is 0 Å². The third-order valence-electron chi connectivity index (χ3n) is 5.21. The molecular weight excluding hydrogens is 400 g/mol. The molecule has 0 aromatic heterocycles. The van der Waals surface area contributed by atoms with Crippen molar-refractivity contribution in [3.8, 4) is 0 Å². The van der Waals surface area contributed by atoms with Crippen LogP contribution in [0.4, 0.5) is 0 Å². The van der Waals surface area contributed by atoms with Crippen LogP contribution >= 0.6 is 0 Å². The first-order chi connectivity index (χ1) is 14.8. The molecule has 0 bridgehead atoms. The van der Waals surface area contributed by atoms with Gasteiger partial charge in [-0.1, -0.05) is 94.3 Å². The van der Waals surface area contributed by atoms with E-state index in [1.807, 2.05) is 88.4 Å². The summed E-state index contributed by atoms with van der Waals surface area (Å²) in [6, 6.07) is 20.2. The van der Waals surface area contributed by atoms with Crippen LogP contribution < -0.4 is 0 Å². The van der Waals surface area contributed by atoms with Crippen LogP contribution in [0.3, 0.4) is 0 Å². The third-order valence-corrected chi connectivity index (χ3v) is 5.21. The SMILES string of the molecule is CC(C)(C)CCCCCC(=O)O.CC(C)(OOC(C)(C)c1ccccc1)c1ccccc1. The summed E-state index contributed by atoms with van der Waals surface area (Å²) in [4.78, 5) is 21.6. The molecule has 0 spiro atoms. The summed E-state index contributed by atoms with van der Waals surface area (Å²) in [7, 11) is 0. The minimum Gasteiger partial charge on any atom is -0.481 e. The smallest absolute Gasteiger partial charge is 0.303 e. The highest BCUT2D eigenvalue weighted by molar-refractivity contribution is 5.66. The van der Waals surface area contributed by atoms with Gasteiger partial charge in [0.25, 0.3) is 0 Å². The molecule has 0 saturated carbocycles. The van der Waals surface area contributed by atoms with Gasteiger partial charge in [-0.2, -0.15) is 0 Å². The van der Waals surface area contributed by atoms with Crippen molar-refractivity contribution in [2.45, 2.75) is 91.8 Å². The Morgan fingerprint density at radius 2 is 1.09 bits per heavy atom. The number of aliphatic carboxylic acids is 1. The molecule has 0 aliphatic carbocycles. The molecule has 0 amide bonds. The Labute approximate surface area is 194 Å². The second kappa shape index (κ2) is 12.8. The first-order valence-electron chi connectivity index (χ1n) is 11.5. The predicted octanol–water partition coefficient (Wildman–Crippen LogP) is 7.87. The van der Waals surface area contributed by atoms with Gasteiger partial charge in [0.2, 0.25) is 0 Å². The van der Waals surface area contributed by atoms with E-state index in [4.69, 9.17) is 14.9 Å². The fourth-order valence-corrected chi connectivity index (χ4v) is 3.09. The number of rotatable bonds is 10. The second-order valence-electron chi connectivity index (χ2n) is 10.4. The molecule has 0 heterocycles. The van der Waals surface area contributed by atoms with Crippen LogP contribution in [0, 0.1) is 5.41 Å². The normalized spacial score (nSPS) is 12.1. The molecule has 4 nitrogen and oxygen atoms in total. The molecule has 178 valence electrons. The summed E-state index contributed by atoms with van der Waals surface area (Å²) in [5, 5.41) is 8.37. The highest BCUT2D eigenvalue weighted by atomic mass is 17.2. The zero-order chi connectivity index (χ0) is 24.3. The molecule has 0 aliphatic heterocycles. The van der Waals surface area contributed by atoms with Crippen LogP contribution in [-0.2, 0) is 25.8 Å². The maximum absolute atomic E-state index is 10.2. The van der Waals surface area contributed by atoms with Crippen LogP contribution in [-0.4, -0.2) is 11.1 Å². The van der Waals surface area contributed by atoms with Gasteiger partial charge in [-0.3, -0.25) is 4.79 Å². The number of hydrogen-bond acceptors (Lipinski definition) is 3. The fourth-order valence-electron chi connectivity index (χ4n) is 3.09. The number of hydrogen-bond donors (Lipinski definition) is 1. The van der Waals surface area contributed by atoms with Gasteiger partial charge in [-0.15, -0.1) is 0 Å². The molecule has 2 rings (SSSR count). The lowest BCUT2D eigenvalue weighted by molar-refractivity contribution is -0.410. The second-order valence-corrected chi connectivity index (χ2v) is 10.4. The molecule has 0 fully saturated rings. The molecule has 1 N–H and O–H groups in total. The zero-order valence-electron chi connectivity index (χ0n) is 21.0. The van der Waals surface area contributed by atoms with Crippen LogP contribution in [0.1, 0.15) is 91.7 Å². The first-order valence-corrected chi connectivity index (χ1v) is 11.5. The maximum Gasteiger partial charge on any atom is 0.303 e. The van der Waals surface area contributed by atoms with E-state index in [0.29, 0.717) is 11.8 Å². The number of carboxylic acids is 1. The monoisotopic (exact) mass is 442 g/mol. The largest absolute Gasteiger partial charge is 0.481 e. The van der Waals surface area contributed by atoms with Gasteiger partial charge >= 0.3 is 5.97 Å². The molecule has 0 radical (unpaired) electrons. The lowest BCUT2D eigenvalue weighted by Crippen LogP contribution is -2.29. The molecule has 0 aliphatic rings. The van der Waals surface area contributed by atoms with Gasteiger partial charge in [-0.25, -0.2) is 9.78 Å². The van der Waals surface area contributed by atoms with E-state index in [-0.39, 0.29) is 0 Å². The molecule has 0 saturated heterocycles. The van der Waals surface area contributed by atoms with Crippen LogP contribution in [0.2, 0.25) is 0 Å². The van der Waals surface area contributed by atoms with Crippen LogP contribution in [0.25, 0.3) is 0 Å². The predicted molar refractivity (Wildman–Crippen MR) is 131 cm³/mol. The van der Waals surface area contributed by atoms with Gasteiger partial charge in [0.05, 0.1) is 0 Å². The van der Waals surface area contributed by atoms with Crippen LogP contribution in [0.15, 0.2) is 60.7 Å². The Morgan fingerprint density at radius 3 is 1.44 bits per heavy atom. The zero-order valence-corrected chi connectivity index (χ0v) is 21.0. The van der Waals surface area contributed by atoms with E-state index in [1.165, 1.54) is 6.42 Å². The molecular formula is C28H42O4. The van der Waals surface area contributed by atoms with E-state index < -0.39 is 17.2 Å². The summed E-state index contributed by atoms with van der Waals surface area (Å²) in [5.41, 5.74) is 1.58. The summed E-state index contributed by atoms with van der Waals surface area (Å²) in [6.45, 7) is 14.7. The number of carbonyl (C=O) groups is 1. The third kappa shape index (κ3) is 11.4. The maximum atomic E-state index is 10.2. The van der Waals surface area contributed by atoms with Crippen molar-refractivity contribution in [2.75, 3.05) is 0 Å². The Balaban J connectivity index is 0.000000368. The molecule has 32 heavy (non-hydrogen) atoms. The van der Waals surface area contributed by atoms with E-state index in [1.54, 1.807) is 0 Å². The van der Waals surface area contributed by atoms with Crippen LogP contribution in [0.5, 0.6) is 0 Å².